The number of H-pyrrole nitrogens is 1. The van der Waals surface area contributed by atoms with E-state index in [0.717, 1.165) is 16.7 Å². The molecule has 2 aromatic carbocycles. The van der Waals surface area contributed by atoms with Gasteiger partial charge < -0.3 is 19.8 Å². The molecular weight excluding hydrogens is 495 g/mol. The summed E-state index contributed by atoms with van der Waals surface area (Å²) in [6.45, 7) is -0.911. The predicted molar refractivity (Wildman–Crippen MR) is 127 cm³/mol. The summed E-state index contributed by atoms with van der Waals surface area (Å²) >= 11 is 0. The Kier molecular flexibility index (Phi) is 7.13. The SMILES string of the molecule is COc1ccc(Nc2nc(=O)n(Cc3ccc[nH]c3=O)c(=O)n2Cc2cc(F)c(F)c(F)c2)c(OC)c1. The lowest BCUT2D eigenvalue weighted by molar-refractivity contribution is 0.395. The van der Waals surface area contributed by atoms with Crippen molar-refractivity contribution in [2.75, 3.05) is 19.5 Å². The van der Waals surface area contributed by atoms with Gasteiger partial charge in [0, 0.05) is 17.8 Å². The maximum atomic E-state index is 13.9. The normalized spacial score (nSPS) is 10.8. The lowest BCUT2D eigenvalue weighted by atomic mass is 10.2. The molecule has 2 heterocycles. The van der Waals surface area contributed by atoms with Crippen molar-refractivity contribution in [2.45, 2.75) is 13.1 Å². The van der Waals surface area contributed by atoms with Gasteiger partial charge >= 0.3 is 11.4 Å². The van der Waals surface area contributed by atoms with Crippen LogP contribution in [0.1, 0.15) is 11.1 Å². The number of methoxy groups -OCH3 is 2. The zero-order valence-electron chi connectivity index (χ0n) is 19.5. The van der Waals surface area contributed by atoms with E-state index in [9.17, 15) is 27.6 Å². The van der Waals surface area contributed by atoms with Crippen molar-refractivity contribution in [1.29, 1.82) is 0 Å². The maximum absolute atomic E-state index is 13.9. The Hall–Kier alpha value is -4.81. The van der Waals surface area contributed by atoms with E-state index in [-0.39, 0.29) is 28.5 Å². The number of aromatic nitrogens is 4. The molecule has 13 heteroatoms. The van der Waals surface area contributed by atoms with Crippen LogP contribution in [0.4, 0.5) is 24.8 Å². The lowest BCUT2D eigenvalue weighted by Crippen LogP contribution is -2.43. The van der Waals surface area contributed by atoms with Crippen molar-refractivity contribution >= 4 is 11.6 Å². The first-order valence-corrected chi connectivity index (χ1v) is 10.7. The molecule has 0 spiro atoms. The molecule has 192 valence electrons. The molecule has 0 aliphatic carbocycles. The largest absolute Gasteiger partial charge is 0.497 e. The molecule has 0 aliphatic rings. The van der Waals surface area contributed by atoms with Crippen molar-refractivity contribution in [3.8, 4) is 11.5 Å². The molecule has 4 rings (SSSR count). The molecule has 0 amide bonds. The third-order valence-corrected chi connectivity index (χ3v) is 5.42. The van der Waals surface area contributed by atoms with Gasteiger partial charge in [-0.25, -0.2) is 27.3 Å². The van der Waals surface area contributed by atoms with Gasteiger partial charge in [0.05, 0.1) is 33.0 Å². The zero-order valence-corrected chi connectivity index (χ0v) is 19.5. The Morgan fingerprint density at radius 2 is 1.68 bits per heavy atom. The fourth-order valence-corrected chi connectivity index (χ4v) is 3.56. The van der Waals surface area contributed by atoms with Crippen LogP contribution >= 0.6 is 0 Å². The van der Waals surface area contributed by atoms with Gasteiger partial charge in [-0.15, -0.1) is 0 Å². The molecule has 0 saturated carbocycles. The molecule has 2 N–H and O–H groups in total. The van der Waals surface area contributed by atoms with Crippen LogP contribution in [-0.4, -0.2) is 33.3 Å². The van der Waals surface area contributed by atoms with Gasteiger partial charge in [0.15, 0.2) is 17.5 Å². The number of hydrogen-bond acceptors (Lipinski definition) is 7. The molecule has 0 bridgehead atoms. The highest BCUT2D eigenvalue weighted by Gasteiger charge is 2.18. The topological polar surface area (TPSA) is 120 Å². The molecule has 0 atom stereocenters. The first kappa shape index (κ1) is 25.3. The number of anilines is 2. The Balaban J connectivity index is 1.86. The number of hydrogen-bond donors (Lipinski definition) is 2. The number of benzene rings is 2. The minimum absolute atomic E-state index is 0.103. The van der Waals surface area contributed by atoms with Crippen molar-refractivity contribution in [3.05, 3.63) is 109 Å². The minimum Gasteiger partial charge on any atom is -0.497 e. The molecule has 0 radical (unpaired) electrons. The molecular formula is C24H20F3N5O5. The van der Waals surface area contributed by atoms with Crippen molar-refractivity contribution in [1.82, 2.24) is 19.1 Å². The Labute approximate surface area is 206 Å². The van der Waals surface area contributed by atoms with E-state index in [2.05, 4.69) is 15.3 Å². The third kappa shape index (κ3) is 5.24. The second-order valence-corrected chi connectivity index (χ2v) is 7.76. The number of pyridine rings is 1. The zero-order chi connectivity index (χ0) is 26.7. The van der Waals surface area contributed by atoms with Crippen molar-refractivity contribution in [2.24, 2.45) is 0 Å². The minimum atomic E-state index is -1.66. The van der Waals surface area contributed by atoms with E-state index in [1.807, 2.05) is 0 Å². The molecule has 2 aromatic heterocycles. The van der Waals surface area contributed by atoms with E-state index in [1.54, 1.807) is 18.2 Å². The summed E-state index contributed by atoms with van der Waals surface area (Å²) < 4.78 is 53.3. The second kappa shape index (κ2) is 10.4. The predicted octanol–water partition coefficient (Wildman–Crippen LogP) is 2.37. The van der Waals surface area contributed by atoms with Crippen LogP contribution in [0.3, 0.4) is 0 Å². The fourth-order valence-electron chi connectivity index (χ4n) is 3.56. The number of ether oxygens (including phenoxy) is 2. The Bertz CT molecular complexity index is 1620. The summed E-state index contributed by atoms with van der Waals surface area (Å²) in [5.41, 5.74) is -2.18. The third-order valence-electron chi connectivity index (χ3n) is 5.42. The highest BCUT2D eigenvalue weighted by molar-refractivity contribution is 5.64. The summed E-state index contributed by atoms with van der Waals surface area (Å²) in [4.78, 5) is 44.8. The van der Waals surface area contributed by atoms with Gasteiger partial charge in [-0.2, -0.15) is 4.98 Å². The average Bonchev–Trinajstić information content (AvgIpc) is 2.88. The van der Waals surface area contributed by atoms with Crippen LogP contribution in [0.25, 0.3) is 0 Å². The highest BCUT2D eigenvalue weighted by Crippen LogP contribution is 2.30. The molecule has 0 fully saturated rings. The highest BCUT2D eigenvalue weighted by atomic mass is 19.2. The summed E-state index contributed by atoms with van der Waals surface area (Å²) in [6.07, 6.45) is 1.39. The van der Waals surface area contributed by atoms with Crippen LogP contribution in [0.5, 0.6) is 11.5 Å². The molecule has 0 unspecified atom stereocenters. The van der Waals surface area contributed by atoms with E-state index in [4.69, 9.17) is 9.47 Å². The molecule has 4 aromatic rings. The fraction of sp³-hybridized carbons (Fsp3) is 0.167. The lowest BCUT2D eigenvalue weighted by Gasteiger charge is -2.17. The number of nitrogens with one attached hydrogen (secondary N) is 2. The van der Waals surface area contributed by atoms with Gasteiger partial charge in [-0.05, 0) is 35.9 Å². The monoisotopic (exact) mass is 515 g/mol. The van der Waals surface area contributed by atoms with Gasteiger partial charge in [-0.3, -0.25) is 9.36 Å². The smallest absolute Gasteiger partial charge is 0.355 e. The van der Waals surface area contributed by atoms with Gasteiger partial charge in [0.1, 0.15) is 11.5 Å². The van der Waals surface area contributed by atoms with E-state index < -0.39 is 47.5 Å². The number of halogens is 3. The first-order chi connectivity index (χ1) is 17.7. The average molecular weight is 515 g/mol. The second-order valence-electron chi connectivity index (χ2n) is 7.76. The molecule has 37 heavy (non-hydrogen) atoms. The van der Waals surface area contributed by atoms with Gasteiger partial charge in [0.2, 0.25) is 5.95 Å². The Morgan fingerprint density at radius 1 is 0.946 bits per heavy atom. The summed E-state index contributed by atoms with van der Waals surface area (Å²) in [5.74, 6) is -4.11. The maximum Gasteiger partial charge on any atom is 0.355 e. The molecule has 10 nitrogen and oxygen atoms in total. The number of nitrogens with zero attached hydrogens (tertiary/aromatic N) is 3. The van der Waals surface area contributed by atoms with Crippen LogP contribution in [0.15, 0.2) is 63.0 Å². The van der Waals surface area contributed by atoms with Crippen LogP contribution in [-0.2, 0) is 13.1 Å². The first-order valence-electron chi connectivity index (χ1n) is 10.7. The summed E-state index contributed by atoms with van der Waals surface area (Å²) in [7, 11) is 2.85. The van der Waals surface area contributed by atoms with Crippen molar-refractivity contribution < 1.29 is 22.6 Å². The molecule has 0 saturated heterocycles. The quantitative estimate of drug-likeness (QED) is 0.346. The summed E-state index contributed by atoms with van der Waals surface area (Å²) in [6, 6.07) is 9.05. The Morgan fingerprint density at radius 3 is 2.32 bits per heavy atom. The summed E-state index contributed by atoms with van der Waals surface area (Å²) in [5, 5.41) is 2.82. The van der Waals surface area contributed by atoms with Crippen LogP contribution in [0, 0.1) is 17.5 Å². The molecule has 0 aliphatic heterocycles. The number of aromatic amines is 1. The van der Waals surface area contributed by atoms with Crippen LogP contribution < -0.4 is 31.7 Å². The van der Waals surface area contributed by atoms with Gasteiger partial charge in [0.25, 0.3) is 5.56 Å². The van der Waals surface area contributed by atoms with E-state index in [1.165, 1.54) is 32.5 Å². The standard InChI is InChI=1S/C24H20F3N5O5/c1-36-15-5-6-18(19(10-15)37-2)29-22-30-23(34)32(12-14-4-3-7-28-21(14)33)24(35)31(22)11-13-8-16(25)20(27)17(26)9-13/h3-10H,11-12H2,1-2H3,(H,28,33)(H,29,30,34). The number of rotatable bonds is 8. The van der Waals surface area contributed by atoms with E-state index >= 15 is 0 Å². The van der Waals surface area contributed by atoms with Gasteiger partial charge in [-0.1, -0.05) is 6.07 Å². The van der Waals surface area contributed by atoms with E-state index in [0.29, 0.717) is 10.3 Å². The van der Waals surface area contributed by atoms with Crippen LogP contribution in [0.2, 0.25) is 0 Å². The van der Waals surface area contributed by atoms with Crippen molar-refractivity contribution in [3.63, 3.8) is 0 Å².